The van der Waals surface area contributed by atoms with Gasteiger partial charge < -0.3 is 4.74 Å². The molecule has 0 heterocycles. The number of nitrogens with one attached hydrogen (secondary N) is 1. The van der Waals surface area contributed by atoms with Gasteiger partial charge in [-0.3, -0.25) is 4.72 Å². The van der Waals surface area contributed by atoms with E-state index in [4.69, 9.17) is 4.74 Å². The monoisotopic (exact) mass is 293 g/mol. The van der Waals surface area contributed by atoms with E-state index in [1.807, 2.05) is 6.07 Å². The van der Waals surface area contributed by atoms with Gasteiger partial charge in [-0.1, -0.05) is 15.9 Å². The lowest BCUT2D eigenvalue weighted by Gasteiger charge is -2.04. The molecule has 0 aliphatic heterocycles. The molecule has 0 amide bonds. The molecule has 0 saturated heterocycles. The summed E-state index contributed by atoms with van der Waals surface area (Å²) in [6.45, 7) is 1.58. The van der Waals surface area contributed by atoms with Crippen LogP contribution in [0.2, 0.25) is 0 Å². The maximum absolute atomic E-state index is 13.0. The van der Waals surface area contributed by atoms with E-state index in [1.54, 1.807) is 7.11 Å². The second-order valence-corrected chi connectivity index (χ2v) is 4.83. The predicted octanol–water partition coefficient (Wildman–Crippen LogP) is 3.22. The lowest BCUT2D eigenvalue weighted by atomic mass is 10.3. The Labute approximate surface area is 102 Å². The molecule has 0 unspecified atom stereocenters. The molecule has 0 saturated carbocycles. The zero-order valence-corrected chi connectivity index (χ0v) is 10.8. The predicted molar refractivity (Wildman–Crippen MR) is 64.5 cm³/mol. The highest BCUT2D eigenvalue weighted by Crippen LogP contribution is 2.21. The Morgan fingerprint density at radius 2 is 2.27 bits per heavy atom. The van der Waals surface area contributed by atoms with Crippen LogP contribution < -0.4 is 4.72 Å². The topological polar surface area (TPSA) is 21.3 Å². The average molecular weight is 294 g/mol. The molecule has 0 spiro atoms. The summed E-state index contributed by atoms with van der Waals surface area (Å²) in [5, 5.41) is 0. The van der Waals surface area contributed by atoms with Crippen molar-refractivity contribution in [1.82, 2.24) is 4.72 Å². The fourth-order valence-corrected chi connectivity index (χ4v) is 2.40. The van der Waals surface area contributed by atoms with Crippen LogP contribution >= 0.6 is 27.9 Å². The van der Waals surface area contributed by atoms with Crippen molar-refractivity contribution < 1.29 is 9.13 Å². The Kier molecular flexibility index (Phi) is 6.24. The highest BCUT2D eigenvalue weighted by Gasteiger charge is 1.99. The van der Waals surface area contributed by atoms with Crippen molar-refractivity contribution in [3.63, 3.8) is 0 Å². The van der Waals surface area contributed by atoms with Gasteiger partial charge in [0, 0.05) is 29.6 Å². The van der Waals surface area contributed by atoms with Crippen LogP contribution in [0, 0.1) is 5.82 Å². The first kappa shape index (κ1) is 13.0. The second-order valence-electron chi connectivity index (χ2n) is 2.95. The van der Waals surface area contributed by atoms with E-state index in [1.165, 1.54) is 24.1 Å². The standard InChI is InChI=1S/C10H13BrFNOS/c1-14-4-2-3-13-15-10-6-8(11)5-9(12)7-10/h5-7,13H,2-4H2,1H3. The number of benzene rings is 1. The van der Waals surface area contributed by atoms with Gasteiger partial charge in [0.05, 0.1) is 0 Å². The van der Waals surface area contributed by atoms with E-state index in [9.17, 15) is 4.39 Å². The Morgan fingerprint density at radius 1 is 1.47 bits per heavy atom. The second kappa shape index (κ2) is 7.22. The molecule has 1 N–H and O–H groups in total. The number of rotatable bonds is 6. The van der Waals surface area contributed by atoms with Gasteiger partial charge in [-0.25, -0.2) is 4.39 Å². The minimum atomic E-state index is -0.231. The molecule has 84 valence electrons. The fraction of sp³-hybridized carbons (Fsp3) is 0.400. The van der Waals surface area contributed by atoms with Crippen LogP contribution in [0.25, 0.3) is 0 Å². The molecule has 0 aromatic heterocycles. The van der Waals surface area contributed by atoms with Crippen molar-refractivity contribution in [3.05, 3.63) is 28.5 Å². The van der Waals surface area contributed by atoms with Crippen LogP contribution in [0.4, 0.5) is 4.39 Å². The summed E-state index contributed by atoms with van der Waals surface area (Å²) in [7, 11) is 1.68. The summed E-state index contributed by atoms with van der Waals surface area (Å²) < 4.78 is 21.8. The zero-order chi connectivity index (χ0) is 11.1. The van der Waals surface area contributed by atoms with Crippen molar-refractivity contribution in [1.29, 1.82) is 0 Å². The number of methoxy groups -OCH3 is 1. The molecule has 0 aliphatic carbocycles. The van der Waals surface area contributed by atoms with Gasteiger partial charge in [-0.05, 0) is 36.6 Å². The van der Waals surface area contributed by atoms with Crippen molar-refractivity contribution in [2.45, 2.75) is 11.3 Å². The molecule has 0 aliphatic rings. The normalized spacial score (nSPS) is 10.6. The Hall–Kier alpha value is -0.100. The van der Waals surface area contributed by atoms with Gasteiger partial charge >= 0.3 is 0 Å². The molecule has 1 aromatic rings. The molecule has 1 aromatic carbocycles. The maximum Gasteiger partial charge on any atom is 0.125 e. The number of halogens is 2. The molecule has 15 heavy (non-hydrogen) atoms. The van der Waals surface area contributed by atoms with E-state index < -0.39 is 0 Å². The van der Waals surface area contributed by atoms with E-state index in [-0.39, 0.29) is 5.82 Å². The van der Waals surface area contributed by atoms with E-state index in [0.717, 1.165) is 28.9 Å². The zero-order valence-electron chi connectivity index (χ0n) is 8.43. The van der Waals surface area contributed by atoms with Crippen LogP contribution in [-0.4, -0.2) is 20.3 Å². The number of ether oxygens (including phenoxy) is 1. The number of hydrogen-bond acceptors (Lipinski definition) is 3. The minimum absolute atomic E-state index is 0.231. The Bertz CT molecular complexity index is 291. The van der Waals surface area contributed by atoms with Crippen molar-refractivity contribution in [2.75, 3.05) is 20.3 Å². The first-order valence-corrected chi connectivity index (χ1v) is 6.18. The third-order valence-corrected chi connectivity index (χ3v) is 2.93. The molecular formula is C10H13BrFNOS. The first-order valence-electron chi connectivity index (χ1n) is 4.57. The first-order chi connectivity index (χ1) is 7.22. The van der Waals surface area contributed by atoms with Crippen LogP contribution in [-0.2, 0) is 4.74 Å². The largest absolute Gasteiger partial charge is 0.385 e. The Balaban J connectivity index is 2.31. The molecular weight excluding hydrogens is 281 g/mol. The lowest BCUT2D eigenvalue weighted by Crippen LogP contribution is -2.07. The van der Waals surface area contributed by atoms with Crippen molar-refractivity contribution in [2.24, 2.45) is 0 Å². The molecule has 0 atom stereocenters. The van der Waals surface area contributed by atoms with Gasteiger partial charge in [-0.2, -0.15) is 0 Å². The summed E-state index contributed by atoms with van der Waals surface area (Å²) in [6, 6.07) is 4.81. The Morgan fingerprint density at radius 3 is 2.93 bits per heavy atom. The van der Waals surface area contributed by atoms with Gasteiger partial charge in [0.25, 0.3) is 0 Å². The van der Waals surface area contributed by atoms with Gasteiger partial charge in [0.15, 0.2) is 0 Å². The fourth-order valence-electron chi connectivity index (χ4n) is 1.01. The van der Waals surface area contributed by atoms with Crippen molar-refractivity contribution in [3.8, 4) is 0 Å². The van der Waals surface area contributed by atoms with Crippen LogP contribution in [0.5, 0.6) is 0 Å². The van der Waals surface area contributed by atoms with E-state index in [0.29, 0.717) is 0 Å². The molecule has 5 heteroatoms. The number of hydrogen-bond donors (Lipinski definition) is 1. The summed E-state index contributed by atoms with van der Waals surface area (Å²) in [6.07, 6.45) is 0.944. The van der Waals surface area contributed by atoms with Crippen LogP contribution in [0.3, 0.4) is 0 Å². The summed E-state index contributed by atoms with van der Waals surface area (Å²) >= 11 is 4.67. The average Bonchev–Trinajstić information content (AvgIpc) is 2.16. The van der Waals surface area contributed by atoms with E-state index in [2.05, 4.69) is 20.7 Å². The van der Waals surface area contributed by atoms with Crippen LogP contribution in [0.15, 0.2) is 27.6 Å². The van der Waals surface area contributed by atoms with Crippen molar-refractivity contribution >= 4 is 27.9 Å². The third kappa shape index (κ3) is 5.51. The summed E-state index contributed by atoms with van der Waals surface area (Å²) in [4.78, 5) is 0.860. The minimum Gasteiger partial charge on any atom is -0.385 e. The van der Waals surface area contributed by atoms with Gasteiger partial charge in [0.2, 0.25) is 0 Å². The van der Waals surface area contributed by atoms with Crippen LogP contribution in [0.1, 0.15) is 6.42 Å². The third-order valence-electron chi connectivity index (χ3n) is 1.65. The molecule has 2 nitrogen and oxygen atoms in total. The van der Waals surface area contributed by atoms with Gasteiger partial charge in [-0.15, -0.1) is 0 Å². The highest BCUT2D eigenvalue weighted by atomic mass is 79.9. The molecule has 0 fully saturated rings. The molecule has 0 bridgehead atoms. The van der Waals surface area contributed by atoms with E-state index >= 15 is 0 Å². The summed E-state index contributed by atoms with van der Waals surface area (Å²) in [5.41, 5.74) is 0. The highest BCUT2D eigenvalue weighted by molar-refractivity contribution is 9.10. The molecule has 0 radical (unpaired) electrons. The summed E-state index contributed by atoms with van der Waals surface area (Å²) in [5.74, 6) is -0.231. The molecule has 1 rings (SSSR count). The quantitative estimate of drug-likeness (QED) is 0.643. The maximum atomic E-state index is 13.0. The SMILES string of the molecule is COCCCNSc1cc(F)cc(Br)c1. The smallest absolute Gasteiger partial charge is 0.125 e. The van der Waals surface area contributed by atoms with Gasteiger partial charge in [0.1, 0.15) is 5.82 Å². The lowest BCUT2D eigenvalue weighted by molar-refractivity contribution is 0.196.